The summed E-state index contributed by atoms with van der Waals surface area (Å²) >= 11 is 1.69. The van der Waals surface area contributed by atoms with Crippen LogP contribution in [0.3, 0.4) is 0 Å². The van der Waals surface area contributed by atoms with Crippen LogP contribution < -0.4 is 5.32 Å². The smallest absolute Gasteiger partial charge is 0.256 e. The van der Waals surface area contributed by atoms with Gasteiger partial charge in [-0.25, -0.2) is 0 Å². The molecule has 1 aromatic carbocycles. The molecule has 0 saturated carbocycles. The Morgan fingerprint density at radius 1 is 1.19 bits per heavy atom. The standard InChI is InChI=1S/C17H22N2OS/c1-3-11-18-16-10-6-5-9-15(16)17(20)19(4-2)13-14-8-7-12-21-14/h5-10,12,18H,3-4,11,13H2,1-2H3. The number of carbonyl (C=O) groups excluding carboxylic acids is 1. The Hall–Kier alpha value is -1.81. The van der Waals surface area contributed by atoms with Crippen molar-refractivity contribution in [2.24, 2.45) is 0 Å². The summed E-state index contributed by atoms with van der Waals surface area (Å²) in [4.78, 5) is 15.9. The molecule has 1 aromatic heterocycles. The van der Waals surface area contributed by atoms with Crippen molar-refractivity contribution < 1.29 is 4.79 Å². The molecule has 0 fully saturated rings. The molecule has 0 unspecified atom stereocenters. The lowest BCUT2D eigenvalue weighted by atomic mass is 10.1. The molecular formula is C17H22N2OS. The summed E-state index contributed by atoms with van der Waals surface area (Å²) < 4.78 is 0. The molecule has 1 heterocycles. The van der Waals surface area contributed by atoms with E-state index in [1.54, 1.807) is 11.3 Å². The van der Waals surface area contributed by atoms with E-state index in [0.29, 0.717) is 13.1 Å². The molecule has 0 spiro atoms. The van der Waals surface area contributed by atoms with Crippen molar-refractivity contribution in [3.8, 4) is 0 Å². The molecule has 0 aliphatic rings. The number of thiophene rings is 1. The lowest BCUT2D eigenvalue weighted by Gasteiger charge is -2.22. The van der Waals surface area contributed by atoms with Crippen molar-refractivity contribution in [3.63, 3.8) is 0 Å². The molecule has 2 rings (SSSR count). The number of carbonyl (C=O) groups is 1. The zero-order valence-corrected chi connectivity index (χ0v) is 13.5. The van der Waals surface area contributed by atoms with E-state index >= 15 is 0 Å². The van der Waals surface area contributed by atoms with Gasteiger partial charge in [0.05, 0.1) is 12.1 Å². The van der Waals surface area contributed by atoms with Gasteiger partial charge in [0.15, 0.2) is 0 Å². The van der Waals surface area contributed by atoms with Crippen LogP contribution in [0.5, 0.6) is 0 Å². The lowest BCUT2D eigenvalue weighted by molar-refractivity contribution is 0.0755. The lowest BCUT2D eigenvalue weighted by Crippen LogP contribution is -2.30. The summed E-state index contributed by atoms with van der Waals surface area (Å²) in [6, 6.07) is 11.9. The van der Waals surface area contributed by atoms with Gasteiger partial charge in [-0.2, -0.15) is 0 Å². The second-order valence-corrected chi connectivity index (χ2v) is 5.90. The molecule has 0 radical (unpaired) electrons. The van der Waals surface area contributed by atoms with Gasteiger partial charge in [0.25, 0.3) is 5.91 Å². The fourth-order valence-electron chi connectivity index (χ4n) is 2.17. The molecule has 2 aromatic rings. The third kappa shape index (κ3) is 4.08. The summed E-state index contributed by atoms with van der Waals surface area (Å²) in [5, 5.41) is 5.38. The van der Waals surface area contributed by atoms with Crippen LogP contribution in [0.25, 0.3) is 0 Å². The third-order valence-electron chi connectivity index (χ3n) is 3.32. The number of amides is 1. The maximum Gasteiger partial charge on any atom is 0.256 e. The Kier molecular flexibility index (Phi) is 5.81. The number of rotatable bonds is 7. The van der Waals surface area contributed by atoms with E-state index in [-0.39, 0.29) is 5.91 Å². The Labute approximate surface area is 130 Å². The molecule has 21 heavy (non-hydrogen) atoms. The predicted octanol–water partition coefficient (Wildman–Crippen LogP) is 4.23. The van der Waals surface area contributed by atoms with Crippen LogP contribution in [0.1, 0.15) is 35.5 Å². The van der Waals surface area contributed by atoms with Gasteiger partial charge in [0.2, 0.25) is 0 Å². The van der Waals surface area contributed by atoms with Gasteiger partial charge in [-0.1, -0.05) is 25.1 Å². The highest BCUT2D eigenvalue weighted by atomic mass is 32.1. The molecule has 112 valence electrons. The fourth-order valence-corrected chi connectivity index (χ4v) is 2.89. The highest BCUT2D eigenvalue weighted by Gasteiger charge is 2.17. The Balaban J connectivity index is 2.17. The highest BCUT2D eigenvalue weighted by Crippen LogP contribution is 2.20. The number of hydrogen-bond acceptors (Lipinski definition) is 3. The Bertz CT molecular complexity index is 566. The van der Waals surface area contributed by atoms with Crippen LogP contribution >= 0.6 is 11.3 Å². The highest BCUT2D eigenvalue weighted by molar-refractivity contribution is 7.09. The first-order valence-electron chi connectivity index (χ1n) is 7.40. The van der Waals surface area contributed by atoms with Gasteiger partial charge in [0.1, 0.15) is 0 Å². The largest absolute Gasteiger partial charge is 0.384 e. The first-order valence-corrected chi connectivity index (χ1v) is 8.28. The molecule has 0 bridgehead atoms. The zero-order valence-electron chi connectivity index (χ0n) is 12.6. The molecule has 0 atom stereocenters. The van der Waals surface area contributed by atoms with Crippen molar-refractivity contribution in [3.05, 3.63) is 52.2 Å². The molecule has 0 aliphatic carbocycles. The van der Waals surface area contributed by atoms with Crippen molar-refractivity contribution in [2.75, 3.05) is 18.4 Å². The van der Waals surface area contributed by atoms with Crippen LogP contribution in [0, 0.1) is 0 Å². The SMILES string of the molecule is CCCNc1ccccc1C(=O)N(CC)Cc1cccs1. The number of hydrogen-bond donors (Lipinski definition) is 1. The minimum absolute atomic E-state index is 0.0881. The zero-order chi connectivity index (χ0) is 15.1. The Morgan fingerprint density at radius 2 is 2.00 bits per heavy atom. The van der Waals surface area contributed by atoms with Crippen LogP contribution in [-0.2, 0) is 6.54 Å². The number of nitrogens with one attached hydrogen (secondary N) is 1. The molecule has 3 nitrogen and oxygen atoms in total. The number of para-hydroxylation sites is 1. The number of nitrogens with zero attached hydrogens (tertiary/aromatic N) is 1. The van der Waals surface area contributed by atoms with Gasteiger partial charge in [-0.3, -0.25) is 4.79 Å². The molecular weight excluding hydrogens is 280 g/mol. The van der Waals surface area contributed by atoms with Gasteiger partial charge in [0, 0.05) is 23.7 Å². The van der Waals surface area contributed by atoms with E-state index in [1.807, 2.05) is 47.5 Å². The number of benzene rings is 1. The third-order valence-corrected chi connectivity index (χ3v) is 4.18. The first-order chi connectivity index (χ1) is 10.3. The quantitative estimate of drug-likeness (QED) is 0.830. The van der Waals surface area contributed by atoms with Crippen LogP contribution in [0.2, 0.25) is 0 Å². The summed E-state index contributed by atoms with van der Waals surface area (Å²) in [5.74, 6) is 0.0881. The minimum atomic E-state index is 0.0881. The predicted molar refractivity (Wildman–Crippen MR) is 90.0 cm³/mol. The van der Waals surface area contributed by atoms with Crippen molar-refractivity contribution >= 4 is 22.9 Å². The van der Waals surface area contributed by atoms with Crippen molar-refractivity contribution in [2.45, 2.75) is 26.8 Å². The van der Waals surface area contributed by atoms with E-state index in [0.717, 1.165) is 24.2 Å². The Morgan fingerprint density at radius 3 is 2.67 bits per heavy atom. The molecule has 0 saturated heterocycles. The van der Waals surface area contributed by atoms with E-state index < -0.39 is 0 Å². The maximum atomic E-state index is 12.8. The summed E-state index contributed by atoms with van der Waals surface area (Å²) in [6.07, 6.45) is 1.04. The first kappa shape index (κ1) is 15.6. The minimum Gasteiger partial charge on any atom is -0.384 e. The van der Waals surface area contributed by atoms with Crippen LogP contribution in [0.15, 0.2) is 41.8 Å². The molecule has 1 N–H and O–H groups in total. The van der Waals surface area contributed by atoms with Gasteiger partial charge >= 0.3 is 0 Å². The van der Waals surface area contributed by atoms with Gasteiger partial charge in [-0.15, -0.1) is 11.3 Å². The normalized spacial score (nSPS) is 10.4. The summed E-state index contributed by atoms with van der Waals surface area (Å²) in [5.41, 5.74) is 1.68. The molecule has 4 heteroatoms. The molecule has 1 amide bonds. The van der Waals surface area contributed by atoms with Crippen molar-refractivity contribution in [1.82, 2.24) is 4.90 Å². The maximum absolute atomic E-state index is 12.8. The van der Waals surface area contributed by atoms with E-state index in [1.165, 1.54) is 4.88 Å². The van der Waals surface area contributed by atoms with E-state index in [2.05, 4.69) is 18.3 Å². The average Bonchev–Trinajstić information content (AvgIpc) is 3.03. The van der Waals surface area contributed by atoms with E-state index in [9.17, 15) is 4.79 Å². The van der Waals surface area contributed by atoms with E-state index in [4.69, 9.17) is 0 Å². The van der Waals surface area contributed by atoms with Gasteiger partial charge in [-0.05, 0) is 36.9 Å². The second-order valence-electron chi connectivity index (χ2n) is 4.87. The van der Waals surface area contributed by atoms with Gasteiger partial charge < -0.3 is 10.2 Å². The fraction of sp³-hybridized carbons (Fsp3) is 0.353. The molecule has 0 aliphatic heterocycles. The van der Waals surface area contributed by atoms with Crippen molar-refractivity contribution in [1.29, 1.82) is 0 Å². The van der Waals surface area contributed by atoms with Crippen LogP contribution in [0.4, 0.5) is 5.69 Å². The second kappa shape index (κ2) is 7.84. The monoisotopic (exact) mass is 302 g/mol. The summed E-state index contributed by atoms with van der Waals surface area (Å²) in [6.45, 7) is 6.40. The average molecular weight is 302 g/mol. The number of anilines is 1. The van der Waals surface area contributed by atoms with Crippen LogP contribution in [-0.4, -0.2) is 23.9 Å². The summed E-state index contributed by atoms with van der Waals surface area (Å²) in [7, 11) is 0. The topological polar surface area (TPSA) is 32.3 Å².